The molecule has 0 atom stereocenters. The van der Waals surface area contributed by atoms with E-state index in [0.717, 1.165) is 22.7 Å². The molecule has 1 heterocycles. The summed E-state index contributed by atoms with van der Waals surface area (Å²) in [4.78, 5) is 30.0. The number of halogens is 4. The number of nitrogens with zero attached hydrogens (tertiary/aromatic N) is 2. The van der Waals surface area contributed by atoms with Gasteiger partial charge in [-0.2, -0.15) is 0 Å². The number of hydrogen-bond donors (Lipinski definition) is 1. The van der Waals surface area contributed by atoms with E-state index in [4.69, 9.17) is 0 Å². The maximum atomic E-state index is 13.2. The fourth-order valence-electron chi connectivity index (χ4n) is 1.94. The van der Waals surface area contributed by atoms with Crippen LogP contribution in [0.4, 0.5) is 23.7 Å². The van der Waals surface area contributed by atoms with Crippen molar-refractivity contribution < 1.29 is 44.2 Å². The van der Waals surface area contributed by atoms with Gasteiger partial charge in [-0.3, -0.25) is 0 Å². The zero-order chi connectivity index (χ0) is 17.2. The molecule has 0 spiro atoms. The summed E-state index contributed by atoms with van der Waals surface area (Å²) in [6.07, 6.45) is -4.61. The van der Waals surface area contributed by atoms with Crippen LogP contribution >= 0.6 is 11.8 Å². The monoisotopic (exact) mass is 458 g/mol. The number of amides is 3. The molecule has 1 aliphatic heterocycles. The van der Waals surface area contributed by atoms with Crippen molar-refractivity contribution in [3.8, 4) is 0 Å². The van der Waals surface area contributed by atoms with Gasteiger partial charge >= 0.3 is 145 Å². The minimum atomic E-state index is -4.61. The second kappa shape index (κ2) is 7.07. The number of aryl methyl sites for hydroxylation is 1. The van der Waals surface area contributed by atoms with Gasteiger partial charge in [-0.15, -0.1) is 0 Å². The van der Waals surface area contributed by atoms with Crippen molar-refractivity contribution in [1.82, 2.24) is 3.53 Å². The Balaban J connectivity index is 2.52. The number of carbonyl (C=O) groups is 2. The van der Waals surface area contributed by atoms with Crippen LogP contribution in [0.25, 0.3) is 0 Å². The molecule has 1 N–H and O–H groups in total. The molecule has 1 aliphatic rings. The van der Waals surface area contributed by atoms with Crippen LogP contribution < -0.4 is 29.9 Å². The van der Waals surface area contributed by atoms with Crippen LogP contribution in [-0.2, 0) is 11.0 Å². The summed E-state index contributed by atoms with van der Waals surface area (Å²) in [5, 5.41) is -0.0407. The van der Waals surface area contributed by atoms with Gasteiger partial charge in [-0.1, -0.05) is 0 Å². The quantitative estimate of drug-likeness (QED) is 0.380. The summed E-state index contributed by atoms with van der Waals surface area (Å²) in [5.74, 6) is -0.595. The molecular formula is C13H12F3IN3O2S-. The van der Waals surface area contributed by atoms with Gasteiger partial charge in [0.15, 0.2) is 0 Å². The van der Waals surface area contributed by atoms with Crippen molar-refractivity contribution in [3.05, 3.63) is 29.3 Å². The number of aliphatic imine (C=N–C) groups is 1. The summed E-state index contributed by atoms with van der Waals surface area (Å²) in [7, 11) is 0. The number of urea groups is 1. The second-order valence-corrected chi connectivity index (χ2v) is 7.08. The van der Waals surface area contributed by atoms with E-state index >= 15 is 0 Å². The van der Waals surface area contributed by atoms with Crippen LogP contribution in [0.1, 0.15) is 11.1 Å². The fourth-order valence-corrected chi connectivity index (χ4v) is 3.38. The van der Waals surface area contributed by atoms with Gasteiger partial charge in [0.1, 0.15) is 0 Å². The van der Waals surface area contributed by atoms with Crippen molar-refractivity contribution in [2.24, 2.45) is 4.99 Å². The third-order valence-corrected chi connectivity index (χ3v) is 4.76. The van der Waals surface area contributed by atoms with Gasteiger partial charge < -0.3 is 0 Å². The van der Waals surface area contributed by atoms with E-state index in [2.05, 4.69) is 8.52 Å². The fraction of sp³-hybridized carbons (Fsp3) is 0.308. The van der Waals surface area contributed by atoms with Crippen molar-refractivity contribution in [2.45, 2.75) is 13.1 Å². The van der Waals surface area contributed by atoms with E-state index in [1.165, 1.54) is 12.1 Å². The first kappa shape index (κ1) is 18.0. The average molecular weight is 458 g/mol. The molecule has 126 valence electrons. The number of alkyl halides is 4. The van der Waals surface area contributed by atoms with E-state index in [-0.39, 0.29) is 16.6 Å². The maximum absolute atomic E-state index is 13.2. The topological polar surface area (TPSA) is 61.8 Å². The Morgan fingerprint density at radius 3 is 2.74 bits per heavy atom. The molecule has 1 aromatic carbocycles. The number of rotatable bonds is 2. The Morgan fingerprint density at radius 1 is 1.43 bits per heavy atom. The number of benzene rings is 1. The van der Waals surface area contributed by atoms with Crippen molar-refractivity contribution >= 4 is 34.6 Å². The Bertz CT molecular complexity index is 679. The van der Waals surface area contributed by atoms with Gasteiger partial charge in [0.25, 0.3) is 0 Å². The summed E-state index contributed by atoms with van der Waals surface area (Å²) in [6.45, 7) is 1.63. The van der Waals surface area contributed by atoms with E-state index < -0.39 is 45.2 Å². The molecule has 5 nitrogen and oxygen atoms in total. The van der Waals surface area contributed by atoms with Crippen LogP contribution in [-0.4, -0.2) is 27.8 Å². The standard InChI is InChI=1S/C13H12F3IN3O2S/c1-7-3-4-8(13(14,15)16)9(5-7)20-10(21)6-23-12(20)18-11(22)19-17-2/h3-5H,6H2,1-2H3,(H,19,22)/q-1/b18-12-. The van der Waals surface area contributed by atoms with E-state index in [0.29, 0.717) is 5.56 Å². The van der Waals surface area contributed by atoms with Crippen molar-refractivity contribution in [2.75, 3.05) is 15.6 Å². The summed E-state index contributed by atoms with van der Waals surface area (Å²) in [5.41, 5.74) is -0.666. The van der Waals surface area contributed by atoms with Gasteiger partial charge in [-0.05, 0) is 0 Å². The third kappa shape index (κ3) is 4.16. The molecular weight excluding hydrogens is 446 g/mol. The molecule has 10 heteroatoms. The van der Waals surface area contributed by atoms with Gasteiger partial charge in [0.05, 0.1) is 0 Å². The Kier molecular flexibility index (Phi) is 5.55. The predicted molar refractivity (Wildman–Crippen MR) is 78.0 cm³/mol. The number of anilines is 1. The molecule has 2 rings (SSSR count). The molecule has 0 aliphatic carbocycles. The zero-order valence-electron chi connectivity index (χ0n) is 12.1. The molecule has 0 saturated carbocycles. The normalized spacial score (nSPS) is 17.2. The van der Waals surface area contributed by atoms with Crippen LogP contribution in [0.3, 0.4) is 0 Å². The number of thioether (sulfide) groups is 1. The van der Waals surface area contributed by atoms with E-state index in [1.807, 2.05) is 0 Å². The first-order chi connectivity index (χ1) is 10.7. The van der Waals surface area contributed by atoms with Crippen LogP contribution in [0, 0.1) is 6.92 Å². The molecule has 23 heavy (non-hydrogen) atoms. The molecule has 0 bridgehead atoms. The van der Waals surface area contributed by atoms with Gasteiger partial charge in [-0.25, -0.2) is 0 Å². The SMILES string of the molecule is C[I-]NC(=O)/N=C1\SCC(=O)N1c1cc(C)ccc1C(F)(F)F. The first-order valence-corrected chi connectivity index (χ1v) is 10.5. The number of amidine groups is 1. The van der Waals surface area contributed by atoms with Crippen molar-refractivity contribution in [3.63, 3.8) is 0 Å². The predicted octanol–water partition coefficient (Wildman–Crippen LogP) is -0.207. The molecule has 1 saturated heterocycles. The van der Waals surface area contributed by atoms with Gasteiger partial charge in [0.2, 0.25) is 0 Å². The van der Waals surface area contributed by atoms with Crippen LogP contribution in [0.15, 0.2) is 23.2 Å². The molecule has 0 radical (unpaired) electrons. The second-order valence-electron chi connectivity index (χ2n) is 4.52. The molecule has 1 fully saturated rings. The average Bonchev–Trinajstić information content (AvgIpc) is 2.78. The number of carbonyl (C=O) groups excluding carboxylic acids is 2. The number of hydrogen-bond acceptors (Lipinski definition) is 3. The third-order valence-electron chi connectivity index (χ3n) is 2.84. The molecule has 0 unspecified atom stereocenters. The zero-order valence-corrected chi connectivity index (χ0v) is 15.0. The minimum absolute atomic E-state index is 0.0407. The van der Waals surface area contributed by atoms with E-state index in [9.17, 15) is 22.8 Å². The Hall–Kier alpha value is -1.30. The van der Waals surface area contributed by atoms with E-state index in [1.54, 1.807) is 11.9 Å². The Morgan fingerprint density at radius 2 is 2.13 bits per heavy atom. The van der Waals surface area contributed by atoms with Gasteiger partial charge in [0, 0.05) is 0 Å². The summed E-state index contributed by atoms with van der Waals surface area (Å²) < 4.78 is 42.2. The molecule has 0 aromatic heterocycles. The summed E-state index contributed by atoms with van der Waals surface area (Å²) in [6, 6.07) is 2.87. The Labute approximate surface area is 145 Å². The van der Waals surface area contributed by atoms with Crippen LogP contribution in [0.2, 0.25) is 0 Å². The molecule has 3 amide bonds. The number of nitrogens with one attached hydrogen (secondary N) is 1. The van der Waals surface area contributed by atoms with Crippen molar-refractivity contribution in [1.29, 1.82) is 0 Å². The van der Waals surface area contributed by atoms with Crippen LogP contribution in [0.5, 0.6) is 0 Å². The molecule has 1 aromatic rings. The summed E-state index contributed by atoms with van der Waals surface area (Å²) >= 11 is 0.377. The first-order valence-electron chi connectivity index (χ1n) is 6.24.